The zero-order chi connectivity index (χ0) is 30.3. The van der Waals surface area contributed by atoms with Gasteiger partial charge in [-0.2, -0.15) is 26.3 Å². The van der Waals surface area contributed by atoms with Gasteiger partial charge in [-0.05, 0) is 61.4 Å². The number of anilines is 1. The minimum Gasteiger partial charge on any atom is -0.481 e. The van der Waals surface area contributed by atoms with Crippen molar-refractivity contribution in [1.29, 1.82) is 0 Å². The number of benzene rings is 3. The largest absolute Gasteiger partial charge is 0.481 e. The van der Waals surface area contributed by atoms with Crippen molar-refractivity contribution in [3.63, 3.8) is 0 Å². The standard InChI is InChI=1S/C30H24F6N2O3/c1-28(2,18-13-19(29(31,32)33)15-20(14-18)30(34,35)36)27(41)38(3)24-12-11-23-22(10-9-21(37-23)16-25(39)40)26(24)17-7-5-4-6-8-17/h4-15H,16H2,1-3H3,(H,39,40). The molecule has 0 spiro atoms. The van der Waals surface area contributed by atoms with Crippen LogP contribution in [0.5, 0.6) is 0 Å². The van der Waals surface area contributed by atoms with Crippen LogP contribution in [0.15, 0.2) is 72.8 Å². The van der Waals surface area contributed by atoms with Gasteiger partial charge in [0.1, 0.15) is 0 Å². The van der Waals surface area contributed by atoms with Crippen LogP contribution in [0, 0.1) is 0 Å². The van der Waals surface area contributed by atoms with Crippen molar-refractivity contribution in [2.24, 2.45) is 0 Å². The van der Waals surface area contributed by atoms with Gasteiger partial charge in [0, 0.05) is 18.0 Å². The SMILES string of the molecule is CN(C(=O)C(C)(C)c1cc(C(F)(F)F)cc(C(F)(F)F)c1)c1ccc2nc(CC(=O)O)ccc2c1-c1ccccc1. The first-order valence-corrected chi connectivity index (χ1v) is 12.3. The molecule has 3 aromatic carbocycles. The summed E-state index contributed by atoms with van der Waals surface area (Å²) < 4.78 is 81.2. The number of alkyl halides is 6. The third-order valence-corrected chi connectivity index (χ3v) is 6.81. The van der Waals surface area contributed by atoms with Gasteiger partial charge in [-0.15, -0.1) is 0 Å². The highest BCUT2D eigenvalue weighted by Crippen LogP contribution is 2.42. The number of nitrogens with zero attached hydrogens (tertiary/aromatic N) is 2. The average Bonchev–Trinajstić information content (AvgIpc) is 2.90. The molecule has 4 aromatic rings. The van der Waals surface area contributed by atoms with Crippen molar-refractivity contribution in [2.75, 3.05) is 11.9 Å². The van der Waals surface area contributed by atoms with E-state index in [1.54, 1.807) is 54.6 Å². The maximum atomic E-state index is 13.9. The maximum absolute atomic E-state index is 13.9. The van der Waals surface area contributed by atoms with E-state index in [0.29, 0.717) is 45.5 Å². The van der Waals surface area contributed by atoms with Crippen molar-refractivity contribution in [2.45, 2.75) is 38.0 Å². The fraction of sp³-hybridized carbons (Fsp3) is 0.233. The number of carboxylic acids is 1. The van der Waals surface area contributed by atoms with Crippen LogP contribution in [0.2, 0.25) is 0 Å². The Morgan fingerprint density at radius 2 is 1.37 bits per heavy atom. The van der Waals surface area contributed by atoms with Crippen LogP contribution in [0.25, 0.3) is 22.0 Å². The summed E-state index contributed by atoms with van der Waals surface area (Å²) in [7, 11) is 1.39. The highest BCUT2D eigenvalue weighted by molar-refractivity contribution is 6.09. The van der Waals surface area contributed by atoms with E-state index >= 15 is 0 Å². The Labute approximate surface area is 231 Å². The van der Waals surface area contributed by atoms with Crippen LogP contribution in [-0.4, -0.2) is 29.0 Å². The van der Waals surface area contributed by atoms with Gasteiger partial charge in [-0.3, -0.25) is 14.6 Å². The summed E-state index contributed by atoms with van der Waals surface area (Å²) in [5, 5.41) is 9.70. The number of amides is 1. The molecule has 1 heterocycles. The summed E-state index contributed by atoms with van der Waals surface area (Å²) >= 11 is 0. The van der Waals surface area contributed by atoms with Crippen molar-refractivity contribution in [3.05, 3.63) is 95.2 Å². The number of rotatable bonds is 6. The Morgan fingerprint density at radius 1 is 0.805 bits per heavy atom. The van der Waals surface area contributed by atoms with E-state index < -0.39 is 46.3 Å². The molecule has 0 saturated heterocycles. The maximum Gasteiger partial charge on any atom is 0.416 e. The number of pyridine rings is 1. The van der Waals surface area contributed by atoms with Gasteiger partial charge in [-0.1, -0.05) is 36.4 Å². The summed E-state index contributed by atoms with van der Waals surface area (Å²) in [6.45, 7) is 2.54. The van der Waals surface area contributed by atoms with Crippen LogP contribution in [-0.2, 0) is 33.8 Å². The summed E-state index contributed by atoms with van der Waals surface area (Å²) in [5.41, 5.74) is -2.99. The Hall–Kier alpha value is -4.41. The molecule has 0 aliphatic carbocycles. The quantitative estimate of drug-likeness (QED) is 0.242. The van der Waals surface area contributed by atoms with Gasteiger partial charge in [0.25, 0.3) is 0 Å². The molecule has 214 valence electrons. The van der Waals surface area contributed by atoms with E-state index in [4.69, 9.17) is 5.11 Å². The number of hydrogen-bond donors (Lipinski definition) is 1. The third kappa shape index (κ3) is 6.03. The van der Waals surface area contributed by atoms with Crippen LogP contribution in [0.4, 0.5) is 32.0 Å². The number of likely N-dealkylation sites (N-methyl/N-ethyl adjacent to an activating group) is 1. The molecule has 0 saturated carbocycles. The minimum absolute atomic E-state index is 0.0240. The van der Waals surface area contributed by atoms with Gasteiger partial charge in [0.15, 0.2) is 0 Å². The number of carboxylic acid groups (broad SMARTS) is 1. The molecule has 1 N–H and O–H groups in total. The molecule has 41 heavy (non-hydrogen) atoms. The highest BCUT2D eigenvalue weighted by atomic mass is 19.4. The second-order valence-corrected chi connectivity index (χ2v) is 10.0. The first-order chi connectivity index (χ1) is 19.0. The first kappa shape index (κ1) is 29.6. The van der Waals surface area contributed by atoms with Crippen LogP contribution < -0.4 is 4.90 Å². The molecule has 0 radical (unpaired) electrons. The molecule has 1 amide bonds. The zero-order valence-corrected chi connectivity index (χ0v) is 22.1. The molecule has 11 heteroatoms. The third-order valence-electron chi connectivity index (χ3n) is 6.81. The highest BCUT2D eigenvalue weighted by Gasteiger charge is 2.41. The van der Waals surface area contributed by atoms with Gasteiger partial charge in [-0.25, -0.2) is 0 Å². The van der Waals surface area contributed by atoms with E-state index in [-0.39, 0.29) is 12.5 Å². The topological polar surface area (TPSA) is 70.5 Å². The number of aliphatic carboxylic acids is 1. The molecule has 0 aliphatic rings. The lowest BCUT2D eigenvalue weighted by Crippen LogP contribution is -2.42. The lowest BCUT2D eigenvalue weighted by atomic mass is 9.81. The van der Waals surface area contributed by atoms with Gasteiger partial charge in [0.2, 0.25) is 5.91 Å². The summed E-state index contributed by atoms with van der Waals surface area (Å²) in [6.07, 6.45) is -10.4. The summed E-state index contributed by atoms with van der Waals surface area (Å²) in [4.78, 5) is 30.6. The normalized spacial score (nSPS) is 12.4. The molecule has 0 aliphatic heterocycles. The predicted octanol–water partition coefficient (Wildman–Crippen LogP) is 7.51. The predicted molar refractivity (Wildman–Crippen MR) is 141 cm³/mol. The zero-order valence-electron chi connectivity index (χ0n) is 22.1. The molecule has 0 bridgehead atoms. The summed E-state index contributed by atoms with van der Waals surface area (Å²) in [6, 6.07) is 16.3. The second-order valence-electron chi connectivity index (χ2n) is 10.0. The Bertz CT molecular complexity index is 1600. The second kappa shape index (κ2) is 10.5. The molecular formula is C30H24F6N2O3. The molecular weight excluding hydrogens is 550 g/mol. The number of fused-ring (bicyclic) bond motifs is 1. The van der Waals surface area contributed by atoms with Crippen LogP contribution in [0.1, 0.15) is 36.2 Å². The minimum atomic E-state index is -5.06. The Morgan fingerprint density at radius 3 is 1.90 bits per heavy atom. The van der Waals surface area contributed by atoms with Crippen molar-refractivity contribution >= 4 is 28.5 Å². The van der Waals surface area contributed by atoms with E-state index in [2.05, 4.69) is 4.98 Å². The summed E-state index contributed by atoms with van der Waals surface area (Å²) in [5.74, 6) is -1.82. The molecule has 0 fully saturated rings. The van der Waals surface area contributed by atoms with Crippen molar-refractivity contribution < 1.29 is 41.0 Å². The van der Waals surface area contributed by atoms with E-state index in [1.807, 2.05) is 0 Å². The number of aromatic nitrogens is 1. The molecule has 4 rings (SSSR count). The van der Waals surface area contributed by atoms with Crippen molar-refractivity contribution in [1.82, 2.24) is 4.98 Å². The van der Waals surface area contributed by atoms with Gasteiger partial charge in [0.05, 0.1) is 39.9 Å². The molecule has 1 aromatic heterocycles. The van der Waals surface area contributed by atoms with Gasteiger partial charge < -0.3 is 10.0 Å². The number of carbonyl (C=O) groups is 2. The fourth-order valence-corrected chi connectivity index (χ4v) is 4.64. The monoisotopic (exact) mass is 574 g/mol. The first-order valence-electron chi connectivity index (χ1n) is 12.3. The average molecular weight is 575 g/mol. The lowest BCUT2D eigenvalue weighted by molar-refractivity contribution is -0.143. The molecule has 0 atom stereocenters. The Balaban J connectivity index is 1.87. The Kier molecular flexibility index (Phi) is 7.59. The number of hydrogen-bond acceptors (Lipinski definition) is 3. The molecule has 5 nitrogen and oxygen atoms in total. The van der Waals surface area contributed by atoms with E-state index in [0.717, 1.165) is 0 Å². The van der Waals surface area contributed by atoms with Crippen molar-refractivity contribution in [3.8, 4) is 11.1 Å². The number of halogens is 6. The van der Waals surface area contributed by atoms with Gasteiger partial charge >= 0.3 is 18.3 Å². The molecule has 0 unspecified atom stereocenters. The van der Waals surface area contributed by atoms with Crippen LogP contribution in [0.3, 0.4) is 0 Å². The number of carbonyl (C=O) groups excluding carboxylic acids is 1. The smallest absolute Gasteiger partial charge is 0.416 e. The fourth-order valence-electron chi connectivity index (χ4n) is 4.64. The lowest BCUT2D eigenvalue weighted by Gasteiger charge is -2.32. The van der Waals surface area contributed by atoms with E-state index in [9.17, 15) is 35.9 Å². The van der Waals surface area contributed by atoms with Crippen LogP contribution >= 0.6 is 0 Å². The van der Waals surface area contributed by atoms with E-state index in [1.165, 1.54) is 25.8 Å².